The Morgan fingerprint density at radius 1 is 1.42 bits per heavy atom. The Balaban J connectivity index is 2.13. The Kier molecular flexibility index (Phi) is 2.52. The van der Waals surface area contributed by atoms with Crippen molar-refractivity contribution in [2.45, 2.75) is 26.4 Å². The fraction of sp³-hybridized carbons (Fsp3) is 0.429. The molecule has 1 atom stereocenters. The van der Waals surface area contributed by atoms with Crippen molar-refractivity contribution >= 4 is 23.2 Å². The van der Waals surface area contributed by atoms with Crippen molar-refractivity contribution in [2.75, 3.05) is 23.9 Å². The van der Waals surface area contributed by atoms with E-state index in [4.69, 9.17) is 0 Å². The highest BCUT2D eigenvalue weighted by molar-refractivity contribution is 6.17. The highest BCUT2D eigenvalue weighted by Crippen LogP contribution is 2.35. The number of fused-ring (bicyclic) bond motifs is 3. The summed E-state index contributed by atoms with van der Waals surface area (Å²) in [7, 11) is 4.08. The molecule has 0 aromatic heterocycles. The number of nitrogens with one attached hydrogen (secondary N) is 1. The third-order valence-corrected chi connectivity index (χ3v) is 3.90. The van der Waals surface area contributed by atoms with E-state index in [0.717, 1.165) is 5.69 Å². The standard InChI is InChI=1S/C14H18N4O/c1-8-10-7-15-14-16-13(19)9(2)18(14)12(10)6-5-11(8)17(3)4/h5-6,9H,7H2,1-4H3,(H,15,16,19). The lowest BCUT2D eigenvalue weighted by Gasteiger charge is -2.30. The smallest absolute Gasteiger partial charge is 0.249 e. The molecule has 2 aliphatic heterocycles. The van der Waals surface area contributed by atoms with Crippen LogP contribution in [-0.2, 0) is 11.3 Å². The minimum atomic E-state index is -0.192. The van der Waals surface area contributed by atoms with Crippen LogP contribution < -0.4 is 15.1 Å². The number of aliphatic imine (C=N–C) groups is 1. The predicted molar refractivity (Wildman–Crippen MR) is 76.7 cm³/mol. The third kappa shape index (κ3) is 1.61. The Morgan fingerprint density at radius 3 is 2.84 bits per heavy atom. The van der Waals surface area contributed by atoms with Gasteiger partial charge in [0.1, 0.15) is 6.04 Å². The molecule has 5 nitrogen and oxygen atoms in total. The van der Waals surface area contributed by atoms with Gasteiger partial charge in [0.2, 0.25) is 11.9 Å². The van der Waals surface area contributed by atoms with Gasteiger partial charge in [-0.05, 0) is 31.5 Å². The van der Waals surface area contributed by atoms with Crippen LogP contribution >= 0.6 is 0 Å². The summed E-state index contributed by atoms with van der Waals surface area (Å²) in [6, 6.07) is 4.00. The van der Waals surface area contributed by atoms with Gasteiger partial charge in [0, 0.05) is 25.3 Å². The number of guanidine groups is 1. The van der Waals surface area contributed by atoms with E-state index < -0.39 is 0 Å². The molecule has 2 heterocycles. The minimum Gasteiger partial charge on any atom is -0.377 e. The predicted octanol–water partition coefficient (Wildman–Crippen LogP) is 1.26. The highest BCUT2D eigenvalue weighted by atomic mass is 16.2. The van der Waals surface area contributed by atoms with Gasteiger partial charge in [-0.1, -0.05) is 0 Å². The molecule has 19 heavy (non-hydrogen) atoms. The number of hydrogen-bond donors (Lipinski definition) is 1. The number of carbonyl (C=O) groups is 1. The van der Waals surface area contributed by atoms with E-state index in [1.165, 1.54) is 16.8 Å². The molecule has 0 spiro atoms. The largest absolute Gasteiger partial charge is 0.377 e. The molecular weight excluding hydrogens is 240 g/mol. The second kappa shape index (κ2) is 3.98. The molecule has 1 N–H and O–H groups in total. The van der Waals surface area contributed by atoms with Crippen LogP contribution in [0.5, 0.6) is 0 Å². The fourth-order valence-electron chi connectivity index (χ4n) is 2.81. The summed E-state index contributed by atoms with van der Waals surface area (Å²) in [5, 5.41) is 2.83. The molecule has 2 aliphatic rings. The number of benzene rings is 1. The fourth-order valence-corrected chi connectivity index (χ4v) is 2.81. The average Bonchev–Trinajstić information content (AvgIpc) is 2.65. The van der Waals surface area contributed by atoms with Crippen molar-refractivity contribution in [3.63, 3.8) is 0 Å². The molecule has 3 rings (SSSR count). The first-order valence-corrected chi connectivity index (χ1v) is 6.45. The number of anilines is 2. The maximum absolute atomic E-state index is 11.8. The number of nitrogens with zero attached hydrogens (tertiary/aromatic N) is 3. The summed E-state index contributed by atoms with van der Waals surface area (Å²) in [5.41, 5.74) is 4.73. The maximum atomic E-state index is 11.8. The summed E-state index contributed by atoms with van der Waals surface area (Å²) >= 11 is 0. The van der Waals surface area contributed by atoms with Gasteiger partial charge in [-0.15, -0.1) is 0 Å². The van der Waals surface area contributed by atoms with Crippen LogP contribution in [0.15, 0.2) is 17.1 Å². The lowest BCUT2D eigenvalue weighted by atomic mass is 10.0. The third-order valence-electron chi connectivity index (χ3n) is 3.90. The summed E-state index contributed by atoms with van der Waals surface area (Å²) in [5.74, 6) is 0.697. The van der Waals surface area contributed by atoms with Crippen LogP contribution in [0.3, 0.4) is 0 Å². The van der Waals surface area contributed by atoms with E-state index >= 15 is 0 Å². The van der Waals surface area contributed by atoms with Crippen LogP contribution in [0, 0.1) is 6.92 Å². The Morgan fingerprint density at radius 2 is 2.16 bits per heavy atom. The Hall–Kier alpha value is -2.04. The minimum absolute atomic E-state index is 0.0148. The van der Waals surface area contributed by atoms with Gasteiger partial charge in [0.25, 0.3) is 0 Å². The SMILES string of the molecule is Cc1c(N(C)C)ccc2c1CN=C1NC(=O)C(C)N12. The molecule has 1 saturated heterocycles. The maximum Gasteiger partial charge on any atom is 0.249 e. The van der Waals surface area contributed by atoms with Gasteiger partial charge in [0.05, 0.1) is 12.2 Å². The molecule has 100 valence electrons. The van der Waals surface area contributed by atoms with Crippen molar-refractivity contribution in [1.82, 2.24) is 5.32 Å². The topological polar surface area (TPSA) is 47.9 Å². The summed E-state index contributed by atoms with van der Waals surface area (Å²) in [4.78, 5) is 20.4. The lowest BCUT2D eigenvalue weighted by Crippen LogP contribution is -2.37. The molecule has 0 saturated carbocycles. The molecular formula is C14H18N4O. The zero-order chi connectivity index (χ0) is 13.7. The van der Waals surface area contributed by atoms with E-state index in [9.17, 15) is 4.79 Å². The summed E-state index contributed by atoms with van der Waals surface area (Å²) in [6.07, 6.45) is 0. The summed E-state index contributed by atoms with van der Waals surface area (Å²) < 4.78 is 0. The van der Waals surface area contributed by atoms with Crippen LogP contribution in [-0.4, -0.2) is 32.0 Å². The number of rotatable bonds is 1. The van der Waals surface area contributed by atoms with Crippen LogP contribution in [0.2, 0.25) is 0 Å². The van der Waals surface area contributed by atoms with Crippen molar-refractivity contribution in [3.05, 3.63) is 23.3 Å². The van der Waals surface area contributed by atoms with Gasteiger partial charge in [-0.25, -0.2) is 4.99 Å². The zero-order valence-corrected chi connectivity index (χ0v) is 11.7. The molecule has 0 bridgehead atoms. The van der Waals surface area contributed by atoms with Crippen molar-refractivity contribution in [3.8, 4) is 0 Å². The first-order valence-electron chi connectivity index (χ1n) is 6.45. The molecule has 0 radical (unpaired) electrons. The summed E-state index contributed by atoms with van der Waals surface area (Å²) in [6.45, 7) is 4.65. The second-order valence-corrected chi connectivity index (χ2v) is 5.28. The number of carbonyl (C=O) groups excluding carboxylic acids is 1. The van der Waals surface area contributed by atoms with Gasteiger partial charge >= 0.3 is 0 Å². The molecule has 0 aliphatic carbocycles. The normalized spacial score (nSPS) is 20.6. The van der Waals surface area contributed by atoms with Crippen molar-refractivity contribution in [1.29, 1.82) is 0 Å². The van der Waals surface area contributed by atoms with Crippen LogP contribution in [0.25, 0.3) is 0 Å². The molecule has 5 heteroatoms. The molecule has 1 fully saturated rings. The molecule has 1 amide bonds. The van der Waals surface area contributed by atoms with E-state index in [-0.39, 0.29) is 11.9 Å². The average molecular weight is 258 g/mol. The molecule has 1 aromatic carbocycles. The first-order chi connectivity index (χ1) is 9.00. The molecule has 1 unspecified atom stereocenters. The van der Waals surface area contributed by atoms with E-state index in [1.807, 2.05) is 25.9 Å². The zero-order valence-electron chi connectivity index (χ0n) is 11.7. The Bertz CT molecular complexity index is 591. The highest BCUT2D eigenvalue weighted by Gasteiger charge is 2.37. The van der Waals surface area contributed by atoms with Crippen molar-refractivity contribution < 1.29 is 4.79 Å². The monoisotopic (exact) mass is 258 g/mol. The number of hydrogen-bond acceptors (Lipinski definition) is 4. The Labute approximate surface area is 112 Å². The van der Waals surface area contributed by atoms with Gasteiger partial charge < -0.3 is 4.90 Å². The van der Waals surface area contributed by atoms with Crippen LogP contribution in [0.4, 0.5) is 11.4 Å². The van der Waals surface area contributed by atoms with Gasteiger partial charge in [-0.3, -0.25) is 15.0 Å². The van der Waals surface area contributed by atoms with E-state index in [2.05, 4.69) is 34.3 Å². The van der Waals surface area contributed by atoms with Crippen molar-refractivity contribution in [2.24, 2.45) is 4.99 Å². The van der Waals surface area contributed by atoms with Crippen LogP contribution in [0.1, 0.15) is 18.1 Å². The van der Waals surface area contributed by atoms with E-state index in [0.29, 0.717) is 12.5 Å². The first kappa shape index (κ1) is 12.0. The lowest BCUT2D eigenvalue weighted by molar-refractivity contribution is -0.119. The van der Waals surface area contributed by atoms with E-state index in [1.54, 1.807) is 0 Å². The second-order valence-electron chi connectivity index (χ2n) is 5.28. The molecule has 1 aromatic rings. The quantitative estimate of drug-likeness (QED) is 0.825. The number of amides is 1. The van der Waals surface area contributed by atoms with Gasteiger partial charge in [0.15, 0.2) is 0 Å². The van der Waals surface area contributed by atoms with Gasteiger partial charge in [-0.2, -0.15) is 0 Å².